The van der Waals surface area contributed by atoms with Crippen molar-refractivity contribution < 1.29 is 9.53 Å². The topological polar surface area (TPSA) is 73.6 Å². The first-order valence-corrected chi connectivity index (χ1v) is 9.22. The number of nitrogens with zero attached hydrogens (tertiary/aromatic N) is 3. The van der Waals surface area contributed by atoms with Gasteiger partial charge in [-0.1, -0.05) is 41.9 Å². The minimum atomic E-state index is -0.563. The van der Waals surface area contributed by atoms with Crippen LogP contribution in [-0.2, 0) is 11.3 Å². The second kappa shape index (κ2) is 7.30. The monoisotopic (exact) mass is 397 g/mol. The lowest BCUT2D eigenvalue weighted by atomic mass is 10.2. The molecule has 0 atom stereocenters. The van der Waals surface area contributed by atoms with Gasteiger partial charge in [0.25, 0.3) is 5.56 Å². The molecule has 3 aromatic heterocycles. The molecule has 0 aliphatic heterocycles. The zero-order valence-electron chi connectivity index (χ0n) is 13.8. The Labute approximate surface area is 162 Å². The highest BCUT2D eigenvalue weighted by atomic mass is 35.5. The number of pyridine rings is 1. The minimum Gasteiger partial charge on any atom is -0.454 e. The van der Waals surface area contributed by atoms with E-state index in [2.05, 4.69) is 9.97 Å². The molecule has 134 valence electrons. The number of rotatable bonds is 4. The number of esters is 1. The number of hydrogen-bond acceptors (Lipinski definition) is 6. The van der Waals surface area contributed by atoms with Crippen molar-refractivity contribution in [3.05, 3.63) is 86.9 Å². The smallest absolute Gasteiger partial charge is 0.358 e. The van der Waals surface area contributed by atoms with Gasteiger partial charge >= 0.3 is 5.97 Å². The van der Waals surface area contributed by atoms with Gasteiger partial charge in [-0.05, 0) is 12.1 Å². The van der Waals surface area contributed by atoms with Crippen LogP contribution in [0.15, 0.2) is 64.9 Å². The van der Waals surface area contributed by atoms with E-state index in [-0.39, 0.29) is 17.9 Å². The molecule has 4 rings (SSSR count). The van der Waals surface area contributed by atoms with Crippen molar-refractivity contribution in [2.45, 2.75) is 6.61 Å². The molecule has 3 heterocycles. The summed E-state index contributed by atoms with van der Waals surface area (Å²) >= 11 is 7.25. The Morgan fingerprint density at radius 3 is 2.78 bits per heavy atom. The summed E-state index contributed by atoms with van der Waals surface area (Å²) in [6, 6.07) is 14.2. The van der Waals surface area contributed by atoms with Crippen LogP contribution >= 0.6 is 22.9 Å². The lowest BCUT2D eigenvalue weighted by molar-refractivity contribution is 0.0462. The van der Waals surface area contributed by atoms with E-state index in [0.717, 1.165) is 10.6 Å². The molecule has 27 heavy (non-hydrogen) atoms. The predicted octanol–water partition coefficient (Wildman–Crippen LogP) is 3.83. The van der Waals surface area contributed by atoms with E-state index in [1.54, 1.807) is 17.5 Å². The minimum absolute atomic E-state index is 0.120. The molecule has 6 nitrogen and oxygen atoms in total. The normalized spacial score (nSPS) is 10.9. The third kappa shape index (κ3) is 3.74. The quantitative estimate of drug-likeness (QED) is 0.489. The fourth-order valence-corrected chi connectivity index (χ4v) is 3.45. The Hall–Kier alpha value is -3.03. The maximum absolute atomic E-state index is 12.2. The van der Waals surface area contributed by atoms with E-state index in [1.165, 1.54) is 28.0 Å². The van der Waals surface area contributed by atoms with Gasteiger partial charge in [0.2, 0.25) is 0 Å². The summed E-state index contributed by atoms with van der Waals surface area (Å²) in [5.74, 6) is -0.563. The molecule has 0 saturated heterocycles. The van der Waals surface area contributed by atoms with Crippen molar-refractivity contribution in [3.63, 3.8) is 0 Å². The zero-order valence-corrected chi connectivity index (χ0v) is 15.4. The number of thiazole rings is 1. The number of benzene rings is 1. The number of hydrogen-bond donors (Lipinski definition) is 0. The summed E-state index contributed by atoms with van der Waals surface area (Å²) in [4.78, 5) is 33.0. The van der Waals surface area contributed by atoms with Gasteiger partial charge in [0, 0.05) is 23.2 Å². The van der Waals surface area contributed by atoms with Crippen molar-refractivity contribution in [2.75, 3.05) is 0 Å². The standard InChI is InChI=1S/C19H12ClN3O3S/c20-13-6-7-16-21-14(8-17(24)23(16)9-13)10-26-19(25)15-11-27-18(22-15)12-4-2-1-3-5-12/h1-9,11H,10H2. The molecule has 0 amide bonds. The number of ether oxygens (including phenoxy) is 1. The van der Waals surface area contributed by atoms with E-state index in [9.17, 15) is 9.59 Å². The molecule has 0 fully saturated rings. The maximum atomic E-state index is 12.2. The SMILES string of the molecule is O=C(OCc1cc(=O)n2cc(Cl)ccc2n1)c1csc(-c2ccccc2)n1. The lowest BCUT2D eigenvalue weighted by Gasteiger charge is -2.05. The van der Waals surface area contributed by atoms with Gasteiger partial charge in [-0.25, -0.2) is 14.8 Å². The zero-order chi connectivity index (χ0) is 18.8. The number of aromatic nitrogens is 3. The van der Waals surface area contributed by atoms with Crippen LogP contribution in [0.3, 0.4) is 0 Å². The number of carbonyl (C=O) groups excluding carboxylic acids is 1. The van der Waals surface area contributed by atoms with Crippen LogP contribution in [0.4, 0.5) is 0 Å². The van der Waals surface area contributed by atoms with Crippen molar-refractivity contribution >= 4 is 34.6 Å². The van der Waals surface area contributed by atoms with Gasteiger partial charge < -0.3 is 4.74 Å². The molecular weight excluding hydrogens is 386 g/mol. The molecule has 0 radical (unpaired) electrons. The molecule has 0 bridgehead atoms. The van der Waals surface area contributed by atoms with Gasteiger partial charge in [0.05, 0.1) is 10.7 Å². The number of carbonyl (C=O) groups is 1. The Morgan fingerprint density at radius 2 is 1.96 bits per heavy atom. The van der Waals surface area contributed by atoms with E-state index in [0.29, 0.717) is 16.4 Å². The third-order valence-electron chi connectivity index (χ3n) is 3.76. The molecule has 0 saturated carbocycles. The van der Waals surface area contributed by atoms with Crippen LogP contribution in [0, 0.1) is 0 Å². The molecular formula is C19H12ClN3O3S. The summed E-state index contributed by atoms with van der Waals surface area (Å²) in [7, 11) is 0. The molecule has 0 aliphatic carbocycles. The van der Waals surface area contributed by atoms with Crippen molar-refractivity contribution in [2.24, 2.45) is 0 Å². The molecule has 0 N–H and O–H groups in total. The van der Waals surface area contributed by atoms with E-state index >= 15 is 0 Å². The third-order valence-corrected chi connectivity index (χ3v) is 4.88. The molecule has 1 aromatic carbocycles. The Balaban J connectivity index is 1.50. The average Bonchev–Trinajstić information content (AvgIpc) is 3.18. The highest BCUT2D eigenvalue weighted by Gasteiger charge is 2.14. The molecule has 8 heteroatoms. The van der Waals surface area contributed by atoms with Crippen LogP contribution < -0.4 is 5.56 Å². The van der Waals surface area contributed by atoms with Crippen LogP contribution in [0.1, 0.15) is 16.2 Å². The fraction of sp³-hybridized carbons (Fsp3) is 0.0526. The lowest BCUT2D eigenvalue weighted by Crippen LogP contribution is -2.16. The Bertz CT molecular complexity index is 1190. The highest BCUT2D eigenvalue weighted by molar-refractivity contribution is 7.13. The first-order valence-electron chi connectivity index (χ1n) is 7.96. The van der Waals surface area contributed by atoms with Crippen LogP contribution in [-0.4, -0.2) is 20.3 Å². The number of halogens is 1. The fourth-order valence-electron chi connectivity index (χ4n) is 2.49. The number of fused-ring (bicyclic) bond motifs is 1. The first-order chi connectivity index (χ1) is 13.1. The van der Waals surface area contributed by atoms with Crippen molar-refractivity contribution in [1.82, 2.24) is 14.4 Å². The summed E-state index contributed by atoms with van der Waals surface area (Å²) in [6.45, 7) is -0.120. The van der Waals surface area contributed by atoms with Gasteiger partial charge in [-0.2, -0.15) is 0 Å². The molecule has 0 spiro atoms. The van der Waals surface area contributed by atoms with Gasteiger partial charge in [0.1, 0.15) is 17.3 Å². The van der Waals surface area contributed by atoms with Gasteiger partial charge in [0.15, 0.2) is 5.69 Å². The highest BCUT2D eigenvalue weighted by Crippen LogP contribution is 2.23. The first kappa shape index (κ1) is 17.4. The Kier molecular flexibility index (Phi) is 4.70. The Morgan fingerprint density at radius 1 is 1.15 bits per heavy atom. The molecule has 4 aromatic rings. The summed E-state index contributed by atoms with van der Waals surface area (Å²) in [6.07, 6.45) is 1.49. The van der Waals surface area contributed by atoms with E-state index < -0.39 is 5.97 Å². The summed E-state index contributed by atoms with van der Waals surface area (Å²) < 4.78 is 6.59. The van der Waals surface area contributed by atoms with E-state index in [4.69, 9.17) is 16.3 Å². The predicted molar refractivity (Wildman–Crippen MR) is 103 cm³/mol. The van der Waals surface area contributed by atoms with Crippen molar-refractivity contribution in [1.29, 1.82) is 0 Å². The summed E-state index contributed by atoms with van der Waals surface area (Å²) in [5, 5.41) is 2.82. The average molecular weight is 398 g/mol. The van der Waals surface area contributed by atoms with Gasteiger partial charge in [-0.15, -0.1) is 11.3 Å². The largest absolute Gasteiger partial charge is 0.454 e. The maximum Gasteiger partial charge on any atom is 0.358 e. The van der Waals surface area contributed by atoms with Crippen LogP contribution in [0.25, 0.3) is 16.2 Å². The van der Waals surface area contributed by atoms with E-state index in [1.807, 2.05) is 30.3 Å². The molecule has 0 unspecified atom stereocenters. The van der Waals surface area contributed by atoms with Crippen LogP contribution in [0.2, 0.25) is 5.02 Å². The summed E-state index contributed by atoms with van der Waals surface area (Å²) in [5.41, 5.74) is 1.65. The molecule has 0 aliphatic rings. The van der Waals surface area contributed by atoms with Crippen LogP contribution in [0.5, 0.6) is 0 Å². The van der Waals surface area contributed by atoms with Gasteiger partial charge in [-0.3, -0.25) is 9.20 Å². The second-order valence-electron chi connectivity index (χ2n) is 5.64. The van der Waals surface area contributed by atoms with Crippen molar-refractivity contribution in [3.8, 4) is 10.6 Å². The second-order valence-corrected chi connectivity index (χ2v) is 6.94.